The number of ether oxygens (including phenoxy) is 3. The third-order valence-electron chi connectivity index (χ3n) is 5.33. The zero-order valence-electron chi connectivity index (χ0n) is 18.8. The summed E-state index contributed by atoms with van der Waals surface area (Å²) >= 11 is 1.38. The van der Waals surface area contributed by atoms with Crippen LogP contribution in [0.1, 0.15) is 39.3 Å². The molecule has 2 heterocycles. The fourth-order valence-corrected chi connectivity index (χ4v) is 5.49. The van der Waals surface area contributed by atoms with Gasteiger partial charge in [-0.2, -0.15) is 0 Å². The first-order valence-corrected chi connectivity index (χ1v) is 11.3. The number of hydrogen-bond acceptors (Lipinski definition) is 10. The number of rotatable bonds is 8. The Hall–Kier alpha value is -2.83. The van der Waals surface area contributed by atoms with Crippen molar-refractivity contribution < 1.29 is 33.4 Å². The van der Waals surface area contributed by atoms with E-state index in [1.807, 2.05) is 6.07 Å². The maximum Gasteiger partial charge on any atom is 0.511 e. The zero-order valence-corrected chi connectivity index (χ0v) is 19.6. The SMILES string of the molecule is CCOC(=O)O[C@H](C)OC(=O)[C@@H]1N2C(=O)[C@H](NC(=O)C(NN)c3ccccc3)[C@H]2SC1(C)C. The van der Waals surface area contributed by atoms with E-state index in [-0.39, 0.29) is 6.61 Å². The van der Waals surface area contributed by atoms with Gasteiger partial charge in [-0.1, -0.05) is 30.3 Å². The van der Waals surface area contributed by atoms with Gasteiger partial charge in [0.15, 0.2) is 0 Å². The van der Waals surface area contributed by atoms with Gasteiger partial charge in [-0.25, -0.2) is 15.0 Å². The molecule has 3 rings (SSSR count). The quantitative estimate of drug-likeness (QED) is 0.160. The fraction of sp³-hybridized carbons (Fsp3) is 0.524. The molecule has 11 nitrogen and oxygen atoms in total. The molecule has 0 aliphatic carbocycles. The number of hydrogen-bond donors (Lipinski definition) is 3. The average molecular weight is 481 g/mol. The zero-order chi connectivity index (χ0) is 24.3. The first-order valence-electron chi connectivity index (χ1n) is 10.5. The van der Waals surface area contributed by atoms with Crippen LogP contribution >= 0.6 is 11.8 Å². The number of amides is 2. The second kappa shape index (κ2) is 9.98. The first kappa shape index (κ1) is 24.8. The van der Waals surface area contributed by atoms with E-state index in [9.17, 15) is 19.2 Å². The Kier molecular flexibility index (Phi) is 7.50. The topological polar surface area (TPSA) is 149 Å². The highest BCUT2D eigenvalue weighted by Crippen LogP contribution is 2.51. The van der Waals surface area contributed by atoms with E-state index in [0.29, 0.717) is 5.56 Å². The number of nitrogens with zero attached hydrogens (tertiary/aromatic N) is 1. The summed E-state index contributed by atoms with van der Waals surface area (Å²) in [5.74, 6) is 4.00. The van der Waals surface area contributed by atoms with Crippen LogP contribution in [0.2, 0.25) is 0 Å². The number of thioether (sulfide) groups is 1. The maximum absolute atomic E-state index is 12.9. The van der Waals surface area contributed by atoms with Gasteiger partial charge in [-0.05, 0) is 26.3 Å². The molecule has 0 spiro atoms. The molecule has 33 heavy (non-hydrogen) atoms. The highest BCUT2D eigenvalue weighted by atomic mass is 32.2. The van der Waals surface area contributed by atoms with Gasteiger partial charge in [0.2, 0.25) is 18.1 Å². The molecule has 0 saturated carbocycles. The molecule has 1 unspecified atom stereocenters. The largest absolute Gasteiger partial charge is 0.511 e. The van der Waals surface area contributed by atoms with Crippen LogP contribution in [0.15, 0.2) is 30.3 Å². The Morgan fingerprint density at radius 2 is 1.88 bits per heavy atom. The molecule has 1 aromatic carbocycles. The van der Waals surface area contributed by atoms with Crippen molar-refractivity contribution in [1.82, 2.24) is 15.6 Å². The third-order valence-corrected chi connectivity index (χ3v) is 6.90. The van der Waals surface area contributed by atoms with Gasteiger partial charge in [-0.3, -0.25) is 15.4 Å². The summed E-state index contributed by atoms with van der Waals surface area (Å²) < 4.78 is 14.1. The predicted molar refractivity (Wildman–Crippen MR) is 118 cm³/mol. The summed E-state index contributed by atoms with van der Waals surface area (Å²) in [6, 6.07) is 6.30. The van der Waals surface area contributed by atoms with Crippen molar-refractivity contribution in [3.8, 4) is 0 Å². The Labute approximate surface area is 195 Å². The summed E-state index contributed by atoms with van der Waals surface area (Å²) in [5.41, 5.74) is 3.12. The van der Waals surface area contributed by atoms with Crippen molar-refractivity contribution in [2.45, 2.75) is 62.2 Å². The van der Waals surface area contributed by atoms with Crippen LogP contribution in [-0.4, -0.2) is 63.9 Å². The molecule has 2 aliphatic rings. The minimum Gasteiger partial charge on any atom is -0.435 e. The fourth-order valence-electron chi connectivity index (χ4n) is 3.87. The molecule has 0 radical (unpaired) electrons. The molecule has 4 N–H and O–H groups in total. The van der Waals surface area contributed by atoms with Crippen LogP contribution in [0.25, 0.3) is 0 Å². The minimum absolute atomic E-state index is 0.119. The van der Waals surface area contributed by atoms with Crippen LogP contribution in [0.3, 0.4) is 0 Å². The van der Waals surface area contributed by atoms with Crippen molar-refractivity contribution in [3.05, 3.63) is 35.9 Å². The Morgan fingerprint density at radius 3 is 2.48 bits per heavy atom. The highest BCUT2D eigenvalue weighted by molar-refractivity contribution is 8.01. The van der Waals surface area contributed by atoms with Gasteiger partial charge in [0.05, 0.1) is 6.61 Å². The van der Waals surface area contributed by atoms with E-state index in [1.165, 1.54) is 23.6 Å². The molecule has 12 heteroatoms. The van der Waals surface area contributed by atoms with Crippen LogP contribution in [0.4, 0.5) is 4.79 Å². The van der Waals surface area contributed by atoms with Gasteiger partial charge < -0.3 is 24.4 Å². The van der Waals surface area contributed by atoms with Crippen LogP contribution in [-0.2, 0) is 28.6 Å². The summed E-state index contributed by atoms with van der Waals surface area (Å²) in [5, 5.41) is 2.28. The van der Waals surface area contributed by atoms with E-state index in [0.717, 1.165) is 0 Å². The normalized spacial score (nSPS) is 24.7. The Morgan fingerprint density at radius 1 is 1.21 bits per heavy atom. The van der Waals surface area contributed by atoms with Crippen molar-refractivity contribution in [2.75, 3.05) is 6.61 Å². The molecule has 180 valence electrons. The second-order valence-corrected chi connectivity index (χ2v) is 9.83. The Bertz CT molecular complexity index is 913. The standard InChI is InChI=1S/C21H28N4O7S/c1-5-30-20(29)32-11(2)31-19(28)15-21(3,4)33-18-14(17(27)25(15)18)23-16(26)13(24-22)12-9-7-6-8-10-12/h6-11,13-15,18,24H,5,22H2,1-4H3,(H,23,26)/t11-,13?,14+,15+,18-/m1/s1. The first-order chi connectivity index (χ1) is 15.6. The predicted octanol–water partition coefficient (Wildman–Crippen LogP) is 0.800. The monoisotopic (exact) mass is 480 g/mol. The molecule has 2 amide bonds. The molecular weight excluding hydrogens is 452 g/mol. The van der Waals surface area contributed by atoms with E-state index < -0.39 is 58.5 Å². The lowest BCUT2D eigenvalue weighted by atomic mass is 9.95. The van der Waals surface area contributed by atoms with Gasteiger partial charge in [-0.15, -0.1) is 11.8 Å². The van der Waals surface area contributed by atoms with Crippen molar-refractivity contribution >= 4 is 35.7 Å². The number of nitrogens with two attached hydrogens (primary N) is 1. The molecule has 2 fully saturated rings. The average Bonchev–Trinajstić information content (AvgIpc) is 3.01. The second-order valence-electron chi connectivity index (χ2n) is 8.06. The molecule has 0 aromatic heterocycles. The van der Waals surface area contributed by atoms with Crippen molar-refractivity contribution in [3.63, 3.8) is 0 Å². The van der Waals surface area contributed by atoms with E-state index in [2.05, 4.69) is 15.5 Å². The van der Waals surface area contributed by atoms with Crippen LogP contribution in [0, 0.1) is 0 Å². The van der Waals surface area contributed by atoms with E-state index in [1.54, 1.807) is 45.0 Å². The molecule has 5 atom stereocenters. The number of β-lactam (4-membered cyclic amide) rings is 1. The number of carbonyl (C=O) groups is 4. The summed E-state index contributed by atoms with van der Waals surface area (Å²) in [6.07, 6.45) is -2.15. The molecule has 2 aliphatic heterocycles. The molecule has 1 aromatic rings. The van der Waals surface area contributed by atoms with Crippen molar-refractivity contribution in [1.29, 1.82) is 0 Å². The lowest BCUT2D eigenvalue weighted by Gasteiger charge is -2.44. The smallest absolute Gasteiger partial charge is 0.435 e. The summed E-state index contributed by atoms with van der Waals surface area (Å²) in [7, 11) is 0. The number of benzene rings is 1. The van der Waals surface area contributed by atoms with Gasteiger partial charge in [0.25, 0.3) is 0 Å². The van der Waals surface area contributed by atoms with Crippen LogP contribution < -0.4 is 16.6 Å². The number of fused-ring (bicyclic) bond motifs is 1. The highest BCUT2D eigenvalue weighted by Gasteiger charge is 2.64. The number of carbonyl (C=O) groups excluding carboxylic acids is 4. The number of nitrogens with one attached hydrogen (secondary N) is 2. The van der Waals surface area contributed by atoms with E-state index in [4.69, 9.17) is 15.3 Å². The lowest BCUT2D eigenvalue weighted by Crippen LogP contribution is -2.71. The molecule has 2 saturated heterocycles. The minimum atomic E-state index is -1.19. The van der Waals surface area contributed by atoms with Gasteiger partial charge in [0.1, 0.15) is 23.5 Å². The van der Waals surface area contributed by atoms with Crippen LogP contribution in [0.5, 0.6) is 0 Å². The van der Waals surface area contributed by atoms with Gasteiger partial charge in [0, 0.05) is 11.7 Å². The lowest BCUT2D eigenvalue weighted by molar-refractivity contribution is -0.180. The van der Waals surface area contributed by atoms with Crippen molar-refractivity contribution in [2.24, 2.45) is 5.84 Å². The summed E-state index contributed by atoms with van der Waals surface area (Å²) in [6.45, 7) is 6.73. The van der Waals surface area contributed by atoms with Gasteiger partial charge >= 0.3 is 12.1 Å². The third kappa shape index (κ3) is 5.07. The number of hydrazine groups is 1. The van der Waals surface area contributed by atoms with E-state index >= 15 is 0 Å². The molecular formula is C21H28N4O7S. The number of esters is 1. The molecule has 0 bridgehead atoms. The maximum atomic E-state index is 12.9. The Balaban J connectivity index is 1.65. The summed E-state index contributed by atoms with van der Waals surface area (Å²) in [4.78, 5) is 51.4.